The first-order chi connectivity index (χ1) is 11.0. The predicted octanol–water partition coefficient (Wildman–Crippen LogP) is 6.88. The first-order valence-electron chi connectivity index (χ1n) is 8.99. The predicted molar refractivity (Wildman–Crippen MR) is 107 cm³/mol. The maximum atomic E-state index is 8.81. The van der Waals surface area contributed by atoms with Gasteiger partial charge in [0.15, 0.2) is 0 Å². The van der Waals surface area contributed by atoms with Crippen LogP contribution in [0.3, 0.4) is 0 Å². The zero-order chi connectivity index (χ0) is 19.3. The van der Waals surface area contributed by atoms with Gasteiger partial charge in [-0.05, 0) is 43.4 Å². The Hall–Kier alpha value is -1.31. The second kappa shape index (κ2) is 25.6. The van der Waals surface area contributed by atoms with Crippen LogP contribution in [0.5, 0.6) is 5.75 Å². The second-order valence-electron chi connectivity index (χ2n) is 4.70. The van der Waals surface area contributed by atoms with Gasteiger partial charge in [0.25, 0.3) is 0 Å². The van der Waals surface area contributed by atoms with Crippen LogP contribution < -0.4 is 4.74 Å². The Labute approximate surface area is 146 Å². The molecule has 0 fully saturated rings. The van der Waals surface area contributed by atoms with E-state index in [-0.39, 0.29) is 0 Å². The Morgan fingerprint density at radius 3 is 1.70 bits per heavy atom. The van der Waals surface area contributed by atoms with E-state index in [1.807, 2.05) is 33.8 Å². The van der Waals surface area contributed by atoms with Crippen molar-refractivity contribution in [3.05, 3.63) is 29.3 Å². The highest BCUT2D eigenvalue weighted by atomic mass is 16.5. The van der Waals surface area contributed by atoms with Crippen molar-refractivity contribution in [3.8, 4) is 5.75 Å². The summed E-state index contributed by atoms with van der Waals surface area (Å²) in [6, 6.07) is 6.29. The van der Waals surface area contributed by atoms with Gasteiger partial charge in [-0.2, -0.15) is 0 Å². The standard InChI is InChI=1S/C10H14O.C5H12.C2H4O.2C2H6/c1-4-9-5-6-10(11-3)8(2)7-9;1-4-5(2)3;1-2-3;2*1-2/h5-7H,4H2,1-3H3;5H,4H2,1-3H3;2H,1H3;2*1-2H3. The van der Waals surface area contributed by atoms with Gasteiger partial charge in [-0.3, -0.25) is 0 Å². The second-order valence-corrected chi connectivity index (χ2v) is 4.70. The van der Waals surface area contributed by atoms with Crippen LogP contribution in [0.25, 0.3) is 0 Å². The topological polar surface area (TPSA) is 26.3 Å². The average Bonchev–Trinajstić information content (AvgIpc) is 2.59. The fourth-order valence-corrected chi connectivity index (χ4v) is 1.16. The molecule has 0 radical (unpaired) electrons. The van der Waals surface area contributed by atoms with Gasteiger partial charge in [0, 0.05) is 0 Å². The lowest BCUT2D eigenvalue weighted by atomic mass is 10.1. The van der Waals surface area contributed by atoms with Crippen molar-refractivity contribution in [1.29, 1.82) is 0 Å². The summed E-state index contributed by atoms with van der Waals surface area (Å²) in [6.45, 7) is 20.3. The number of benzene rings is 1. The van der Waals surface area contributed by atoms with Crippen molar-refractivity contribution >= 4 is 6.29 Å². The molecule has 2 nitrogen and oxygen atoms in total. The number of hydrogen-bond donors (Lipinski definition) is 0. The van der Waals surface area contributed by atoms with Crippen molar-refractivity contribution in [1.82, 2.24) is 0 Å². The highest BCUT2D eigenvalue weighted by Gasteiger charge is 1.96. The Kier molecular flexibility index (Phi) is 33.1. The zero-order valence-corrected chi connectivity index (χ0v) is 17.6. The van der Waals surface area contributed by atoms with Crippen LogP contribution in [0.4, 0.5) is 0 Å². The lowest BCUT2D eigenvalue weighted by molar-refractivity contribution is -0.106. The van der Waals surface area contributed by atoms with E-state index < -0.39 is 0 Å². The number of carbonyl (C=O) groups excluding carboxylic acids is 1. The SMILES string of the molecule is CC.CC.CC=O.CCC(C)C.CCc1ccc(OC)c(C)c1. The summed E-state index contributed by atoms with van der Waals surface area (Å²) in [7, 11) is 1.70. The Balaban J connectivity index is -0.000000127. The van der Waals surface area contributed by atoms with Gasteiger partial charge in [-0.1, -0.05) is 73.9 Å². The lowest BCUT2D eigenvalue weighted by Crippen LogP contribution is -1.88. The molecule has 0 saturated heterocycles. The maximum Gasteiger partial charge on any atom is 0.121 e. The van der Waals surface area contributed by atoms with Crippen LogP contribution in [0, 0.1) is 12.8 Å². The summed E-state index contributed by atoms with van der Waals surface area (Å²) in [5.74, 6) is 1.86. The molecule has 0 spiro atoms. The fraction of sp³-hybridized carbons (Fsp3) is 0.667. The molecule has 0 bridgehead atoms. The van der Waals surface area contributed by atoms with Gasteiger partial charge < -0.3 is 9.53 Å². The molecule has 0 saturated carbocycles. The number of rotatable bonds is 3. The minimum atomic E-state index is 0.750. The molecular weight excluding hydrogens is 284 g/mol. The van der Waals surface area contributed by atoms with Crippen LogP contribution in [0.1, 0.15) is 79.9 Å². The third kappa shape index (κ3) is 23.1. The summed E-state index contributed by atoms with van der Waals surface area (Å²) >= 11 is 0. The minimum absolute atomic E-state index is 0.750. The van der Waals surface area contributed by atoms with Crippen molar-refractivity contribution in [2.75, 3.05) is 7.11 Å². The molecule has 0 N–H and O–H groups in total. The number of hydrogen-bond acceptors (Lipinski definition) is 2. The molecule has 1 aromatic rings. The molecule has 1 aromatic carbocycles. The number of ether oxygens (including phenoxy) is 1. The number of aryl methyl sites for hydroxylation is 2. The first kappa shape index (κ1) is 29.7. The molecule has 0 aliphatic heterocycles. The molecule has 0 unspecified atom stereocenters. The fourth-order valence-electron chi connectivity index (χ4n) is 1.16. The molecule has 1 rings (SSSR count). The van der Waals surface area contributed by atoms with E-state index in [0.717, 1.165) is 24.4 Å². The van der Waals surface area contributed by atoms with E-state index in [1.165, 1.54) is 24.5 Å². The third-order valence-electron chi connectivity index (χ3n) is 2.68. The molecule has 0 aliphatic carbocycles. The smallest absolute Gasteiger partial charge is 0.121 e. The van der Waals surface area contributed by atoms with Crippen molar-refractivity contribution < 1.29 is 9.53 Å². The normalized spacial score (nSPS) is 7.83. The molecule has 0 aromatic heterocycles. The summed E-state index contributed by atoms with van der Waals surface area (Å²) in [5.41, 5.74) is 2.58. The summed E-state index contributed by atoms with van der Waals surface area (Å²) in [6.07, 6.45) is 3.14. The van der Waals surface area contributed by atoms with Gasteiger partial charge in [0.1, 0.15) is 12.0 Å². The summed E-state index contributed by atoms with van der Waals surface area (Å²) in [5, 5.41) is 0. The number of methoxy groups -OCH3 is 1. The monoisotopic (exact) mass is 326 g/mol. The highest BCUT2D eigenvalue weighted by molar-refractivity contribution is 5.44. The molecule has 23 heavy (non-hydrogen) atoms. The lowest BCUT2D eigenvalue weighted by Gasteiger charge is -2.05. The average molecular weight is 327 g/mol. The van der Waals surface area contributed by atoms with Crippen LogP contribution in [0.15, 0.2) is 18.2 Å². The summed E-state index contributed by atoms with van der Waals surface area (Å²) < 4.78 is 5.14. The molecule has 0 heterocycles. The van der Waals surface area contributed by atoms with E-state index in [1.54, 1.807) is 7.11 Å². The Bertz CT molecular complexity index is 331. The highest BCUT2D eigenvalue weighted by Crippen LogP contribution is 2.18. The quantitative estimate of drug-likeness (QED) is 0.566. The van der Waals surface area contributed by atoms with E-state index in [4.69, 9.17) is 9.53 Å². The number of aldehydes is 1. The zero-order valence-electron chi connectivity index (χ0n) is 17.6. The molecule has 0 aliphatic rings. The van der Waals surface area contributed by atoms with Crippen molar-refractivity contribution in [2.24, 2.45) is 5.92 Å². The van der Waals surface area contributed by atoms with Crippen molar-refractivity contribution in [2.45, 2.75) is 82.1 Å². The van der Waals surface area contributed by atoms with E-state index in [0.29, 0.717) is 0 Å². The van der Waals surface area contributed by atoms with E-state index in [2.05, 4.69) is 46.8 Å². The molecular formula is C21H42O2. The summed E-state index contributed by atoms with van der Waals surface area (Å²) in [4.78, 5) is 8.81. The Morgan fingerprint density at radius 1 is 1.09 bits per heavy atom. The van der Waals surface area contributed by atoms with Gasteiger partial charge in [0.05, 0.1) is 7.11 Å². The maximum absolute atomic E-state index is 8.81. The number of carbonyl (C=O) groups is 1. The Morgan fingerprint density at radius 2 is 1.48 bits per heavy atom. The first-order valence-corrected chi connectivity index (χ1v) is 8.99. The molecule has 138 valence electrons. The van der Waals surface area contributed by atoms with Crippen molar-refractivity contribution in [3.63, 3.8) is 0 Å². The third-order valence-corrected chi connectivity index (χ3v) is 2.68. The van der Waals surface area contributed by atoms with Gasteiger partial charge in [0.2, 0.25) is 0 Å². The minimum Gasteiger partial charge on any atom is -0.496 e. The van der Waals surface area contributed by atoms with Crippen LogP contribution in [-0.4, -0.2) is 13.4 Å². The van der Waals surface area contributed by atoms with E-state index >= 15 is 0 Å². The molecule has 2 heteroatoms. The van der Waals surface area contributed by atoms with Gasteiger partial charge in [-0.15, -0.1) is 0 Å². The van der Waals surface area contributed by atoms with Crippen LogP contribution >= 0.6 is 0 Å². The van der Waals surface area contributed by atoms with E-state index in [9.17, 15) is 0 Å². The molecule has 0 atom stereocenters. The van der Waals surface area contributed by atoms with Gasteiger partial charge in [-0.25, -0.2) is 0 Å². The van der Waals surface area contributed by atoms with Gasteiger partial charge >= 0.3 is 0 Å². The van der Waals surface area contributed by atoms with Crippen LogP contribution in [-0.2, 0) is 11.2 Å². The van der Waals surface area contributed by atoms with Crippen LogP contribution in [0.2, 0.25) is 0 Å². The molecule has 0 amide bonds. The largest absolute Gasteiger partial charge is 0.496 e.